The highest BCUT2D eigenvalue weighted by molar-refractivity contribution is 5.93. The van der Waals surface area contributed by atoms with Gasteiger partial charge >= 0.3 is 5.97 Å². The average molecular weight is 282 g/mol. The van der Waals surface area contributed by atoms with Crippen LogP contribution in [0.15, 0.2) is 18.5 Å². The second-order valence-electron chi connectivity index (χ2n) is 4.59. The number of aliphatic carboxylic acids is 1. The summed E-state index contributed by atoms with van der Waals surface area (Å²) in [5, 5.41) is 8.53. The average Bonchev–Trinajstić information content (AvgIpc) is 2.45. The van der Waals surface area contributed by atoms with Gasteiger partial charge in [-0.1, -0.05) is 0 Å². The fraction of sp³-hybridized carbons (Fsp3) is 0.462. The Morgan fingerprint density at radius 3 is 2.70 bits per heavy atom. The number of carboxylic acids is 1. The Bertz CT molecular complexity index is 501. The van der Waals surface area contributed by atoms with Gasteiger partial charge in [-0.15, -0.1) is 0 Å². The summed E-state index contributed by atoms with van der Waals surface area (Å²) in [5.74, 6) is -1.82. The molecule has 0 aliphatic carbocycles. The minimum absolute atomic E-state index is 0.152. The summed E-state index contributed by atoms with van der Waals surface area (Å²) in [6.45, 7) is 0.589. The fourth-order valence-electron chi connectivity index (χ4n) is 2.13. The van der Waals surface area contributed by atoms with Crippen LogP contribution in [-0.4, -0.2) is 52.7 Å². The van der Waals surface area contributed by atoms with Crippen molar-refractivity contribution in [2.75, 3.05) is 19.7 Å². The standard InChI is InChI=1S/C13H15FN2O4/c14-10-5-9(6-15-7-10)13(19)16-3-1-11(2-4-16)20-8-12(17)18/h5-7,11H,1-4,8H2,(H,17,18). The van der Waals surface area contributed by atoms with Gasteiger partial charge in [0.2, 0.25) is 0 Å². The predicted molar refractivity (Wildman–Crippen MR) is 66.7 cm³/mol. The molecular weight excluding hydrogens is 267 g/mol. The van der Waals surface area contributed by atoms with Gasteiger partial charge in [0.15, 0.2) is 0 Å². The number of aromatic nitrogens is 1. The van der Waals surface area contributed by atoms with Crippen LogP contribution in [0, 0.1) is 5.82 Å². The first kappa shape index (κ1) is 14.4. The molecule has 0 unspecified atom stereocenters. The predicted octanol–water partition coefficient (Wildman–Crippen LogP) is 0.926. The molecular formula is C13H15FN2O4. The molecule has 1 amide bonds. The normalized spacial score (nSPS) is 16.1. The van der Waals surface area contributed by atoms with Gasteiger partial charge in [-0.05, 0) is 18.9 Å². The summed E-state index contributed by atoms with van der Waals surface area (Å²) >= 11 is 0. The van der Waals surface area contributed by atoms with Crippen LogP contribution in [0.4, 0.5) is 4.39 Å². The van der Waals surface area contributed by atoms with Gasteiger partial charge in [0.05, 0.1) is 17.9 Å². The Labute approximate surface area is 115 Å². The molecule has 1 fully saturated rings. The molecule has 108 valence electrons. The van der Waals surface area contributed by atoms with Crippen molar-refractivity contribution in [2.24, 2.45) is 0 Å². The largest absolute Gasteiger partial charge is 0.480 e. The Morgan fingerprint density at radius 2 is 2.10 bits per heavy atom. The highest BCUT2D eigenvalue weighted by Gasteiger charge is 2.24. The summed E-state index contributed by atoms with van der Waals surface area (Å²) in [4.78, 5) is 27.8. The first-order valence-electron chi connectivity index (χ1n) is 6.29. The monoisotopic (exact) mass is 282 g/mol. The second-order valence-corrected chi connectivity index (χ2v) is 4.59. The van der Waals surface area contributed by atoms with Gasteiger partial charge in [0.1, 0.15) is 12.4 Å². The lowest BCUT2D eigenvalue weighted by Crippen LogP contribution is -2.41. The number of pyridine rings is 1. The lowest BCUT2D eigenvalue weighted by atomic mass is 10.1. The van der Waals surface area contributed by atoms with E-state index in [1.807, 2.05) is 0 Å². The van der Waals surface area contributed by atoms with Crippen molar-refractivity contribution in [1.29, 1.82) is 0 Å². The first-order valence-corrected chi connectivity index (χ1v) is 6.29. The SMILES string of the molecule is O=C(O)COC1CCN(C(=O)c2cncc(F)c2)CC1. The Hall–Kier alpha value is -2.02. The third kappa shape index (κ3) is 3.74. The van der Waals surface area contributed by atoms with Gasteiger partial charge in [-0.3, -0.25) is 9.78 Å². The minimum atomic E-state index is -1.01. The zero-order valence-electron chi connectivity index (χ0n) is 10.8. The smallest absolute Gasteiger partial charge is 0.329 e. The molecule has 0 atom stereocenters. The maximum atomic E-state index is 13.0. The van der Waals surface area contributed by atoms with E-state index in [2.05, 4.69) is 4.98 Å². The fourth-order valence-corrected chi connectivity index (χ4v) is 2.13. The molecule has 1 aliphatic rings. The molecule has 0 spiro atoms. The van der Waals surface area contributed by atoms with Gasteiger partial charge in [-0.2, -0.15) is 0 Å². The number of nitrogens with zero attached hydrogens (tertiary/aromatic N) is 2. The third-order valence-corrected chi connectivity index (χ3v) is 3.12. The molecule has 1 aromatic heterocycles. The number of piperidine rings is 1. The van der Waals surface area contributed by atoms with Gasteiger partial charge < -0.3 is 14.7 Å². The molecule has 1 saturated heterocycles. The molecule has 0 bridgehead atoms. The van der Waals surface area contributed by atoms with Crippen LogP contribution in [0.2, 0.25) is 0 Å². The van der Waals surface area contributed by atoms with Gasteiger partial charge in [-0.25, -0.2) is 9.18 Å². The number of hydrogen-bond donors (Lipinski definition) is 1. The molecule has 6 nitrogen and oxygen atoms in total. The maximum Gasteiger partial charge on any atom is 0.329 e. The maximum absolute atomic E-state index is 13.0. The molecule has 1 N–H and O–H groups in total. The van der Waals surface area contributed by atoms with E-state index in [1.165, 1.54) is 6.20 Å². The van der Waals surface area contributed by atoms with Crippen molar-refractivity contribution in [1.82, 2.24) is 9.88 Å². The summed E-state index contributed by atoms with van der Waals surface area (Å²) in [6.07, 6.45) is 3.37. The lowest BCUT2D eigenvalue weighted by molar-refractivity contribution is -0.145. The molecule has 0 aromatic carbocycles. The molecule has 20 heavy (non-hydrogen) atoms. The van der Waals surface area contributed by atoms with Gasteiger partial charge in [0, 0.05) is 19.3 Å². The van der Waals surface area contributed by atoms with Crippen molar-refractivity contribution in [3.8, 4) is 0 Å². The minimum Gasteiger partial charge on any atom is -0.480 e. The van der Waals surface area contributed by atoms with E-state index >= 15 is 0 Å². The topological polar surface area (TPSA) is 79.7 Å². The number of halogens is 1. The van der Waals surface area contributed by atoms with E-state index in [0.717, 1.165) is 12.3 Å². The highest BCUT2D eigenvalue weighted by Crippen LogP contribution is 2.16. The van der Waals surface area contributed by atoms with Crippen LogP contribution in [0.1, 0.15) is 23.2 Å². The number of likely N-dealkylation sites (tertiary alicyclic amines) is 1. The van der Waals surface area contributed by atoms with Crippen LogP contribution in [0.25, 0.3) is 0 Å². The molecule has 0 radical (unpaired) electrons. The second kappa shape index (κ2) is 6.42. The molecule has 1 aliphatic heterocycles. The lowest BCUT2D eigenvalue weighted by Gasteiger charge is -2.31. The van der Waals surface area contributed by atoms with E-state index in [1.54, 1.807) is 4.90 Å². The van der Waals surface area contributed by atoms with Gasteiger partial charge in [0.25, 0.3) is 5.91 Å². The van der Waals surface area contributed by atoms with Crippen LogP contribution < -0.4 is 0 Å². The van der Waals surface area contributed by atoms with E-state index in [0.29, 0.717) is 25.9 Å². The van der Waals surface area contributed by atoms with E-state index in [4.69, 9.17) is 9.84 Å². The zero-order chi connectivity index (χ0) is 14.5. The summed E-state index contributed by atoms with van der Waals surface area (Å²) in [7, 11) is 0. The molecule has 2 rings (SSSR count). The molecule has 0 saturated carbocycles. The van der Waals surface area contributed by atoms with Crippen molar-refractivity contribution < 1.29 is 23.8 Å². The van der Waals surface area contributed by atoms with Crippen LogP contribution >= 0.6 is 0 Å². The van der Waals surface area contributed by atoms with Crippen molar-refractivity contribution in [2.45, 2.75) is 18.9 Å². The Morgan fingerprint density at radius 1 is 1.40 bits per heavy atom. The van der Waals surface area contributed by atoms with Crippen LogP contribution in [0.5, 0.6) is 0 Å². The summed E-state index contributed by atoms with van der Waals surface area (Å²) in [6, 6.07) is 1.16. The van der Waals surface area contributed by atoms with Crippen molar-refractivity contribution in [3.05, 3.63) is 29.8 Å². The van der Waals surface area contributed by atoms with E-state index < -0.39 is 11.8 Å². The Balaban J connectivity index is 1.87. The summed E-state index contributed by atoms with van der Waals surface area (Å²) < 4.78 is 18.2. The van der Waals surface area contributed by atoms with E-state index in [9.17, 15) is 14.0 Å². The number of carboxylic acid groups (broad SMARTS) is 1. The zero-order valence-corrected chi connectivity index (χ0v) is 10.8. The van der Waals surface area contributed by atoms with Crippen molar-refractivity contribution in [3.63, 3.8) is 0 Å². The third-order valence-electron chi connectivity index (χ3n) is 3.12. The van der Waals surface area contributed by atoms with E-state index in [-0.39, 0.29) is 24.2 Å². The number of ether oxygens (including phenoxy) is 1. The number of carbonyl (C=O) groups is 2. The Kier molecular flexibility index (Phi) is 4.62. The van der Waals surface area contributed by atoms with Crippen LogP contribution in [0.3, 0.4) is 0 Å². The highest BCUT2D eigenvalue weighted by atomic mass is 19.1. The van der Waals surface area contributed by atoms with Crippen molar-refractivity contribution >= 4 is 11.9 Å². The number of rotatable bonds is 4. The quantitative estimate of drug-likeness (QED) is 0.888. The number of hydrogen-bond acceptors (Lipinski definition) is 4. The summed E-state index contributed by atoms with van der Waals surface area (Å²) in [5.41, 5.74) is 0.218. The van der Waals surface area contributed by atoms with Crippen LogP contribution in [-0.2, 0) is 9.53 Å². The molecule has 2 heterocycles. The molecule has 7 heteroatoms. The number of amides is 1. The number of carbonyl (C=O) groups excluding carboxylic acids is 1. The first-order chi connectivity index (χ1) is 9.56. The molecule has 1 aromatic rings.